The molecule has 142 valence electrons. The molecule has 0 aliphatic rings. The van der Waals surface area contributed by atoms with Crippen molar-refractivity contribution >= 4 is 0 Å². The van der Waals surface area contributed by atoms with Crippen LogP contribution in [0.15, 0.2) is 36.5 Å². The van der Waals surface area contributed by atoms with E-state index < -0.39 is 11.7 Å². The van der Waals surface area contributed by atoms with Crippen molar-refractivity contribution in [3.8, 4) is 16.9 Å². The van der Waals surface area contributed by atoms with Crippen molar-refractivity contribution in [3.63, 3.8) is 0 Å². The predicted molar refractivity (Wildman–Crippen MR) is 97.0 cm³/mol. The Bertz CT molecular complexity index is 751. The molecule has 1 unspecified atom stereocenters. The van der Waals surface area contributed by atoms with E-state index >= 15 is 0 Å². The van der Waals surface area contributed by atoms with Gasteiger partial charge in [-0.05, 0) is 54.2 Å². The largest absolute Gasteiger partial charge is 0.491 e. The first-order valence-electron chi connectivity index (χ1n) is 8.48. The van der Waals surface area contributed by atoms with Crippen LogP contribution in [-0.4, -0.2) is 17.6 Å². The smallest absolute Gasteiger partial charge is 0.419 e. The number of hydrogen-bond donors (Lipinski definition) is 1. The summed E-state index contributed by atoms with van der Waals surface area (Å²) < 4.78 is 45.9. The van der Waals surface area contributed by atoms with Crippen LogP contribution in [0.5, 0.6) is 5.75 Å². The van der Waals surface area contributed by atoms with Gasteiger partial charge in [-0.2, -0.15) is 13.2 Å². The van der Waals surface area contributed by atoms with E-state index in [0.29, 0.717) is 17.5 Å². The lowest BCUT2D eigenvalue weighted by molar-refractivity contribution is -0.139. The van der Waals surface area contributed by atoms with Gasteiger partial charge in [0.15, 0.2) is 0 Å². The second kappa shape index (κ2) is 7.66. The Hall–Kier alpha value is -2.08. The fraction of sp³-hybridized carbons (Fsp3) is 0.450. The lowest BCUT2D eigenvalue weighted by Gasteiger charge is -2.24. The van der Waals surface area contributed by atoms with Crippen molar-refractivity contribution in [2.75, 3.05) is 6.61 Å². The quantitative estimate of drug-likeness (QED) is 0.789. The lowest BCUT2D eigenvalue weighted by Crippen LogP contribution is -2.32. The molecular formula is C20H25F3N2O. The van der Waals surface area contributed by atoms with Crippen LogP contribution in [0, 0.1) is 12.3 Å². The number of nitrogens with zero attached hydrogens (tertiary/aromatic N) is 1. The molecule has 0 aliphatic heterocycles. The molecule has 0 fully saturated rings. The summed E-state index contributed by atoms with van der Waals surface area (Å²) in [7, 11) is 0. The molecule has 1 aromatic carbocycles. The van der Waals surface area contributed by atoms with Crippen molar-refractivity contribution in [2.45, 2.75) is 46.3 Å². The van der Waals surface area contributed by atoms with Crippen molar-refractivity contribution in [3.05, 3.63) is 47.8 Å². The molecule has 26 heavy (non-hydrogen) atoms. The number of benzene rings is 1. The Balaban J connectivity index is 2.27. The number of alkyl halides is 3. The monoisotopic (exact) mass is 366 g/mol. The van der Waals surface area contributed by atoms with Crippen LogP contribution in [0.25, 0.3) is 11.1 Å². The van der Waals surface area contributed by atoms with Crippen molar-refractivity contribution in [1.29, 1.82) is 0 Å². The van der Waals surface area contributed by atoms with Gasteiger partial charge in [0, 0.05) is 17.9 Å². The summed E-state index contributed by atoms with van der Waals surface area (Å²) in [4.78, 5) is 4.07. The van der Waals surface area contributed by atoms with Crippen LogP contribution in [0.2, 0.25) is 0 Å². The van der Waals surface area contributed by atoms with E-state index in [9.17, 15) is 13.2 Å². The van der Waals surface area contributed by atoms with Gasteiger partial charge in [-0.25, -0.2) is 0 Å². The summed E-state index contributed by atoms with van der Waals surface area (Å²) in [5.74, 6) is -0.198. The molecule has 1 aromatic heterocycles. The number of aryl methyl sites for hydroxylation is 1. The van der Waals surface area contributed by atoms with Gasteiger partial charge < -0.3 is 10.5 Å². The Morgan fingerprint density at radius 3 is 2.31 bits per heavy atom. The Labute approximate surface area is 152 Å². The van der Waals surface area contributed by atoms with Crippen LogP contribution in [0.1, 0.15) is 38.4 Å². The molecule has 0 spiro atoms. The Morgan fingerprint density at radius 1 is 1.08 bits per heavy atom. The third kappa shape index (κ3) is 5.73. The molecular weight excluding hydrogens is 341 g/mol. The maximum Gasteiger partial charge on any atom is 0.419 e. The summed E-state index contributed by atoms with van der Waals surface area (Å²) in [6.45, 7) is 7.91. The highest BCUT2D eigenvalue weighted by molar-refractivity contribution is 5.66. The van der Waals surface area contributed by atoms with Crippen molar-refractivity contribution < 1.29 is 17.9 Å². The number of hydrogen-bond acceptors (Lipinski definition) is 3. The maximum atomic E-state index is 13.5. The zero-order valence-corrected chi connectivity index (χ0v) is 15.5. The predicted octanol–water partition coefficient (Wildman–Crippen LogP) is 5.22. The minimum atomic E-state index is -4.51. The summed E-state index contributed by atoms with van der Waals surface area (Å²) in [5.41, 5.74) is 7.06. The second-order valence-electron chi connectivity index (χ2n) is 7.73. The van der Waals surface area contributed by atoms with E-state index in [1.54, 1.807) is 31.3 Å². The van der Waals surface area contributed by atoms with Gasteiger partial charge in [-0.1, -0.05) is 26.8 Å². The molecule has 0 saturated heterocycles. The Morgan fingerprint density at radius 2 is 1.73 bits per heavy atom. The second-order valence-corrected chi connectivity index (χ2v) is 7.73. The van der Waals surface area contributed by atoms with Crippen LogP contribution >= 0.6 is 0 Å². The molecule has 2 N–H and O–H groups in total. The molecule has 3 nitrogen and oxygen atoms in total. The molecule has 0 bridgehead atoms. The molecule has 0 amide bonds. The normalized spacial score (nSPS) is 13.5. The fourth-order valence-electron chi connectivity index (χ4n) is 2.82. The number of pyridine rings is 1. The summed E-state index contributed by atoms with van der Waals surface area (Å²) in [6, 6.07) is 7.18. The van der Waals surface area contributed by atoms with E-state index in [2.05, 4.69) is 4.98 Å². The van der Waals surface area contributed by atoms with Gasteiger partial charge >= 0.3 is 6.18 Å². The summed E-state index contributed by atoms with van der Waals surface area (Å²) in [6.07, 6.45) is -2.28. The zero-order chi connectivity index (χ0) is 19.5. The van der Waals surface area contributed by atoms with Crippen LogP contribution in [0.4, 0.5) is 13.2 Å². The molecule has 6 heteroatoms. The highest BCUT2D eigenvalue weighted by atomic mass is 19.4. The molecule has 1 heterocycles. The maximum absolute atomic E-state index is 13.5. The van der Waals surface area contributed by atoms with Crippen molar-refractivity contribution in [1.82, 2.24) is 4.98 Å². The standard InChI is InChI=1S/C20H25F3N2O/c1-13-9-15(7-8-25-13)14-5-6-18(17(10-14)20(21,22)23)26-12-16(24)11-19(2,3)4/h5-10,16H,11-12,24H2,1-4H3. The first kappa shape index (κ1) is 20.2. The van der Waals surface area contributed by atoms with E-state index in [1.165, 1.54) is 6.07 Å². The minimum Gasteiger partial charge on any atom is -0.491 e. The van der Waals surface area contributed by atoms with E-state index in [1.807, 2.05) is 20.8 Å². The van der Waals surface area contributed by atoms with E-state index in [0.717, 1.165) is 11.8 Å². The van der Waals surface area contributed by atoms with Crippen LogP contribution < -0.4 is 10.5 Å². The fourth-order valence-corrected chi connectivity index (χ4v) is 2.82. The minimum absolute atomic E-state index is 0.0152. The lowest BCUT2D eigenvalue weighted by atomic mass is 9.89. The molecule has 1 atom stereocenters. The number of rotatable bonds is 5. The molecule has 2 aromatic rings. The first-order valence-corrected chi connectivity index (χ1v) is 8.48. The van der Waals surface area contributed by atoms with Gasteiger partial charge in [-0.3, -0.25) is 4.98 Å². The van der Waals surface area contributed by atoms with Crippen LogP contribution in [0.3, 0.4) is 0 Å². The van der Waals surface area contributed by atoms with Gasteiger partial charge in [0.2, 0.25) is 0 Å². The summed E-state index contributed by atoms with van der Waals surface area (Å²) >= 11 is 0. The summed E-state index contributed by atoms with van der Waals surface area (Å²) in [5, 5.41) is 0. The van der Waals surface area contributed by atoms with Gasteiger partial charge in [0.1, 0.15) is 12.4 Å². The topological polar surface area (TPSA) is 48.1 Å². The number of nitrogens with two attached hydrogens (primary N) is 1. The molecule has 0 saturated carbocycles. The number of ether oxygens (including phenoxy) is 1. The van der Waals surface area contributed by atoms with Gasteiger partial charge in [0.25, 0.3) is 0 Å². The van der Waals surface area contributed by atoms with Crippen molar-refractivity contribution in [2.24, 2.45) is 11.1 Å². The third-order valence-electron chi connectivity index (χ3n) is 3.84. The number of halogens is 3. The first-order chi connectivity index (χ1) is 12.0. The number of aromatic nitrogens is 1. The third-order valence-corrected chi connectivity index (χ3v) is 3.84. The molecule has 2 rings (SSSR count). The van der Waals surface area contributed by atoms with Crippen LogP contribution in [-0.2, 0) is 6.18 Å². The average molecular weight is 366 g/mol. The zero-order valence-electron chi connectivity index (χ0n) is 15.5. The average Bonchev–Trinajstić information content (AvgIpc) is 2.50. The van der Waals surface area contributed by atoms with Gasteiger partial charge in [0.05, 0.1) is 5.56 Å². The highest BCUT2D eigenvalue weighted by Crippen LogP contribution is 2.39. The Kier molecular flexibility index (Phi) is 5.96. The van der Waals surface area contributed by atoms with Gasteiger partial charge in [-0.15, -0.1) is 0 Å². The molecule has 0 radical (unpaired) electrons. The SMILES string of the molecule is Cc1cc(-c2ccc(OCC(N)CC(C)(C)C)c(C(F)(F)F)c2)ccn1. The highest BCUT2D eigenvalue weighted by Gasteiger charge is 2.35. The molecule has 0 aliphatic carbocycles. The van der Waals surface area contributed by atoms with E-state index in [-0.39, 0.29) is 23.8 Å². The van der Waals surface area contributed by atoms with E-state index in [4.69, 9.17) is 10.5 Å².